The summed E-state index contributed by atoms with van der Waals surface area (Å²) in [6, 6.07) is 11.3. The van der Waals surface area contributed by atoms with Gasteiger partial charge < -0.3 is 10.2 Å². The average molecular weight is 258 g/mol. The number of rotatable bonds is 8. The second kappa shape index (κ2) is 6.06. The molecule has 1 aromatic carbocycles. The van der Waals surface area contributed by atoms with Crippen LogP contribution in [0.25, 0.3) is 0 Å². The first kappa shape index (κ1) is 13.1. The summed E-state index contributed by atoms with van der Waals surface area (Å²) in [7, 11) is 2.09. The quantitative estimate of drug-likeness (QED) is 0.771. The highest BCUT2D eigenvalue weighted by atomic mass is 15.2. The molecule has 3 rings (SSSR count). The summed E-state index contributed by atoms with van der Waals surface area (Å²) in [5, 5.41) is 3.49. The first-order valence-electron chi connectivity index (χ1n) is 7.79. The molecule has 0 radical (unpaired) electrons. The van der Waals surface area contributed by atoms with Gasteiger partial charge in [-0.05, 0) is 50.1 Å². The van der Waals surface area contributed by atoms with Crippen LogP contribution in [0.1, 0.15) is 37.3 Å². The second-order valence-corrected chi connectivity index (χ2v) is 6.36. The lowest BCUT2D eigenvalue weighted by atomic mass is 10.1. The fraction of sp³-hybridized carbons (Fsp3) is 0.647. The van der Waals surface area contributed by atoms with Gasteiger partial charge in [-0.15, -0.1) is 0 Å². The number of hydrogen-bond donors (Lipinski definition) is 1. The van der Waals surface area contributed by atoms with Crippen LogP contribution >= 0.6 is 0 Å². The Labute approximate surface area is 117 Å². The summed E-state index contributed by atoms with van der Waals surface area (Å²) in [4.78, 5) is 2.71. The van der Waals surface area contributed by atoms with Gasteiger partial charge >= 0.3 is 0 Å². The highest BCUT2D eigenvalue weighted by molar-refractivity contribution is 5.19. The van der Waals surface area contributed by atoms with E-state index in [1.807, 2.05) is 0 Å². The monoisotopic (exact) mass is 258 g/mol. The number of nitrogens with one attached hydrogen (secondary N) is 1. The largest absolute Gasteiger partial charge is 0.312 e. The van der Waals surface area contributed by atoms with E-state index in [0.717, 1.165) is 18.4 Å². The van der Waals surface area contributed by atoms with E-state index in [1.54, 1.807) is 0 Å². The molecule has 0 spiro atoms. The first-order chi connectivity index (χ1) is 9.35. The third kappa shape index (κ3) is 4.05. The summed E-state index contributed by atoms with van der Waals surface area (Å²) < 4.78 is 0. The van der Waals surface area contributed by atoms with Crippen LogP contribution in [-0.4, -0.2) is 31.6 Å². The SMILES string of the molecule is CNC(CN(CC1CC1)CC1CC1)c1ccccc1. The smallest absolute Gasteiger partial charge is 0.0446 e. The van der Waals surface area contributed by atoms with Crippen LogP contribution in [0.4, 0.5) is 0 Å². The minimum atomic E-state index is 0.471. The number of hydrogen-bond acceptors (Lipinski definition) is 2. The van der Waals surface area contributed by atoms with Crippen LogP contribution in [0, 0.1) is 11.8 Å². The summed E-state index contributed by atoms with van der Waals surface area (Å²) in [5.41, 5.74) is 1.42. The minimum Gasteiger partial charge on any atom is -0.312 e. The van der Waals surface area contributed by atoms with Gasteiger partial charge in [0, 0.05) is 25.7 Å². The molecule has 0 amide bonds. The number of benzene rings is 1. The van der Waals surface area contributed by atoms with Crippen molar-refractivity contribution in [3.8, 4) is 0 Å². The van der Waals surface area contributed by atoms with Gasteiger partial charge in [0.05, 0.1) is 0 Å². The van der Waals surface area contributed by atoms with Crippen LogP contribution in [-0.2, 0) is 0 Å². The van der Waals surface area contributed by atoms with Gasteiger partial charge in [0.2, 0.25) is 0 Å². The molecule has 0 aromatic heterocycles. The summed E-state index contributed by atoms with van der Waals surface area (Å²) in [6.45, 7) is 3.80. The maximum Gasteiger partial charge on any atom is 0.0446 e. The molecule has 0 aliphatic heterocycles. The van der Waals surface area contributed by atoms with E-state index >= 15 is 0 Å². The van der Waals surface area contributed by atoms with Gasteiger partial charge in [0.1, 0.15) is 0 Å². The number of nitrogens with zero attached hydrogens (tertiary/aromatic N) is 1. The van der Waals surface area contributed by atoms with Crippen molar-refractivity contribution in [1.29, 1.82) is 0 Å². The van der Waals surface area contributed by atoms with Gasteiger partial charge in [0.15, 0.2) is 0 Å². The lowest BCUT2D eigenvalue weighted by molar-refractivity contribution is 0.228. The third-order valence-electron chi connectivity index (χ3n) is 4.42. The number of likely N-dealkylation sites (N-methyl/N-ethyl adjacent to an activating group) is 1. The van der Waals surface area contributed by atoms with Gasteiger partial charge in [-0.2, -0.15) is 0 Å². The Morgan fingerprint density at radius 1 is 1.05 bits per heavy atom. The van der Waals surface area contributed by atoms with Crippen molar-refractivity contribution in [1.82, 2.24) is 10.2 Å². The van der Waals surface area contributed by atoms with Crippen LogP contribution in [0.2, 0.25) is 0 Å². The normalized spacial score (nSPS) is 20.7. The topological polar surface area (TPSA) is 15.3 Å². The molecule has 1 aromatic rings. The van der Waals surface area contributed by atoms with E-state index in [4.69, 9.17) is 0 Å². The molecule has 19 heavy (non-hydrogen) atoms. The molecule has 1 N–H and O–H groups in total. The zero-order valence-electron chi connectivity index (χ0n) is 12.0. The zero-order valence-corrected chi connectivity index (χ0v) is 12.0. The van der Waals surface area contributed by atoms with Gasteiger partial charge in [-0.25, -0.2) is 0 Å². The highest BCUT2D eigenvalue weighted by Crippen LogP contribution is 2.34. The minimum absolute atomic E-state index is 0.471. The van der Waals surface area contributed by atoms with E-state index in [2.05, 4.69) is 47.6 Å². The Bertz CT molecular complexity index is 368. The van der Waals surface area contributed by atoms with Crippen LogP contribution in [0.5, 0.6) is 0 Å². The van der Waals surface area contributed by atoms with Gasteiger partial charge in [-0.1, -0.05) is 30.3 Å². The predicted octanol–water partition coefficient (Wildman–Crippen LogP) is 3.07. The fourth-order valence-corrected chi connectivity index (χ4v) is 2.86. The lowest BCUT2D eigenvalue weighted by Crippen LogP contribution is -2.36. The maximum atomic E-state index is 3.49. The van der Waals surface area contributed by atoms with Crippen molar-refractivity contribution >= 4 is 0 Å². The molecule has 2 fully saturated rings. The van der Waals surface area contributed by atoms with Crippen LogP contribution in [0.15, 0.2) is 30.3 Å². The summed E-state index contributed by atoms with van der Waals surface area (Å²) in [6.07, 6.45) is 5.82. The van der Waals surface area contributed by atoms with E-state index in [9.17, 15) is 0 Å². The highest BCUT2D eigenvalue weighted by Gasteiger charge is 2.30. The van der Waals surface area contributed by atoms with Crippen molar-refractivity contribution in [2.24, 2.45) is 11.8 Å². The average Bonchev–Trinajstić information content (AvgIpc) is 3.33. The third-order valence-corrected chi connectivity index (χ3v) is 4.42. The Morgan fingerprint density at radius 2 is 1.63 bits per heavy atom. The Hall–Kier alpha value is -0.860. The van der Waals surface area contributed by atoms with Gasteiger partial charge in [-0.3, -0.25) is 0 Å². The van der Waals surface area contributed by atoms with E-state index in [0.29, 0.717) is 6.04 Å². The molecule has 2 aliphatic rings. The molecule has 1 atom stereocenters. The molecule has 2 heteroatoms. The van der Waals surface area contributed by atoms with E-state index in [-0.39, 0.29) is 0 Å². The molecule has 2 saturated carbocycles. The molecule has 1 unspecified atom stereocenters. The van der Waals surface area contributed by atoms with Crippen molar-refractivity contribution < 1.29 is 0 Å². The van der Waals surface area contributed by atoms with Crippen molar-refractivity contribution in [2.75, 3.05) is 26.7 Å². The molecule has 2 aliphatic carbocycles. The standard InChI is InChI=1S/C17H26N2/c1-18-17(16-5-3-2-4-6-16)13-19(11-14-7-8-14)12-15-9-10-15/h2-6,14-15,17-18H,7-13H2,1H3. The summed E-state index contributed by atoms with van der Waals surface area (Å²) >= 11 is 0. The van der Waals surface area contributed by atoms with Crippen molar-refractivity contribution in [3.63, 3.8) is 0 Å². The Kier molecular flexibility index (Phi) is 4.19. The maximum absolute atomic E-state index is 3.49. The van der Waals surface area contributed by atoms with Crippen LogP contribution in [0.3, 0.4) is 0 Å². The molecular weight excluding hydrogens is 232 g/mol. The molecule has 104 valence electrons. The Morgan fingerprint density at radius 3 is 2.11 bits per heavy atom. The zero-order chi connectivity index (χ0) is 13.1. The lowest BCUT2D eigenvalue weighted by Gasteiger charge is -2.27. The molecule has 0 bridgehead atoms. The fourth-order valence-electron chi connectivity index (χ4n) is 2.86. The van der Waals surface area contributed by atoms with E-state index < -0.39 is 0 Å². The molecule has 0 heterocycles. The summed E-state index contributed by atoms with van der Waals surface area (Å²) in [5.74, 6) is 1.99. The Balaban J connectivity index is 1.60. The van der Waals surface area contributed by atoms with Crippen molar-refractivity contribution in [3.05, 3.63) is 35.9 Å². The van der Waals surface area contributed by atoms with Crippen LogP contribution < -0.4 is 5.32 Å². The molecule has 2 nitrogen and oxygen atoms in total. The second-order valence-electron chi connectivity index (χ2n) is 6.36. The molecular formula is C17H26N2. The molecule has 0 saturated heterocycles. The predicted molar refractivity (Wildman–Crippen MR) is 80.1 cm³/mol. The first-order valence-corrected chi connectivity index (χ1v) is 7.79. The van der Waals surface area contributed by atoms with Gasteiger partial charge in [0.25, 0.3) is 0 Å². The van der Waals surface area contributed by atoms with E-state index in [1.165, 1.54) is 44.3 Å². The van der Waals surface area contributed by atoms with Crippen molar-refractivity contribution in [2.45, 2.75) is 31.7 Å².